The molecule has 6 nitrogen and oxygen atoms in total. The van der Waals surface area contributed by atoms with Crippen LogP contribution in [0.2, 0.25) is 5.15 Å². The van der Waals surface area contributed by atoms with Gasteiger partial charge in [-0.15, -0.1) is 0 Å². The maximum atomic E-state index is 12.2. The van der Waals surface area contributed by atoms with Gasteiger partial charge in [0.25, 0.3) is 0 Å². The Bertz CT molecular complexity index is 1230. The first kappa shape index (κ1) is 20.6. The lowest BCUT2D eigenvalue weighted by Crippen LogP contribution is -2.02. The fourth-order valence-electron chi connectivity index (χ4n) is 3.05. The van der Waals surface area contributed by atoms with E-state index in [1.54, 1.807) is 17.7 Å². The number of aromatic nitrogens is 3. The number of aryl methyl sites for hydroxylation is 2. The predicted octanol–water partition coefficient (Wildman–Crippen LogP) is 5.55. The van der Waals surface area contributed by atoms with Crippen molar-refractivity contribution < 1.29 is 13.9 Å². The highest BCUT2D eigenvalue weighted by molar-refractivity contribution is 6.31. The number of carbonyl (C=O) groups is 1. The van der Waals surface area contributed by atoms with Gasteiger partial charge in [0.2, 0.25) is 5.89 Å². The Kier molecular flexibility index (Phi) is 6.00. The van der Waals surface area contributed by atoms with Crippen molar-refractivity contribution in [1.82, 2.24) is 14.8 Å². The third kappa shape index (κ3) is 4.59. The van der Waals surface area contributed by atoms with Gasteiger partial charge in [-0.2, -0.15) is 5.10 Å². The molecule has 31 heavy (non-hydrogen) atoms. The SMILES string of the molecule is Cc1nn(-c2ccccc2)c(Cl)c1/C=C/C(=O)OCc1nc(-c2ccccc2)oc1C. The normalized spacial score (nSPS) is 11.2. The van der Waals surface area contributed by atoms with Crippen molar-refractivity contribution in [2.75, 3.05) is 0 Å². The second kappa shape index (κ2) is 9.02. The summed E-state index contributed by atoms with van der Waals surface area (Å²) >= 11 is 6.48. The molecule has 0 N–H and O–H groups in total. The fraction of sp³-hybridized carbons (Fsp3) is 0.125. The number of rotatable bonds is 6. The molecule has 0 fully saturated rings. The van der Waals surface area contributed by atoms with Gasteiger partial charge < -0.3 is 9.15 Å². The quantitative estimate of drug-likeness (QED) is 0.294. The van der Waals surface area contributed by atoms with Crippen LogP contribution < -0.4 is 0 Å². The summed E-state index contributed by atoms with van der Waals surface area (Å²) in [6, 6.07) is 19.1. The third-order valence-corrected chi connectivity index (χ3v) is 5.06. The van der Waals surface area contributed by atoms with E-state index in [1.807, 2.05) is 67.6 Å². The minimum Gasteiger partial charge on any atom is -0.456 e. The number of hydrogen-bond donors (Lipinski definition) is 0. The molecule has 4 rings (SSSR count). The molecule has 0 unspecified atom stereocenters. The molecule has 4 aromatic rings. The van der Waals surface area contributed by atoms with Gasteiger partial charge in [0.05, 0.1) is 11.4 Å². The minimum absolute atomic E-state index is 0.0152. The van der Waals surface area contributed by atoms with Crippen molar-refractivity contribution in [3.05, 3.63) is 94.6 Å². The van der Waals surface area contributed by atoms with E-state index in [0.717, 1.165) is 11.3 Å². The molecule has 7 heteroatoms. The number of para-hydroxylation sites is 1. The highest BCUT2D eigenvalue weighted by atomic mass is 35.5. The van der Waals surface area contributed by atoms with Gasteiger partial charge in [0.1, 0.15) is 23.2 Å². The maximum Gasteiger partial charge on any atom is 0.331 e. The van der Waals surface area contributed by atoms with Crippen LogP contribution in [0.25, 0.3) is 23.2 Å². The van der Waals surface area contributed by atoms with Crippen molar-refractivity contribution >= 4 is 23.6 Å². The zero-order valence-corrected chi connectivity index (χ0v) is 17.8. The van der Waals surface area contributed by atoms with E-state index < -0.39 is 5.97 Å². The van der Waals surface area contributed by atoms with Crippen molar-refractivity contribution in [1.29, 1.82) is 0 Å². The Hall–Kier alpha value is -3.64. The van der Waals surface area contributed by atoms with E-state index in [-0.39, 0.29) is 6.61 Å². The van der Waals surface area contributed by atoms with E-state index in [0.29, 0.717) is 33.8 Å². The number of hydrogen-bond acceptors (Lipinski definition) is 5. The lowest BCUT2D eigenvalue weighted by Gasteiger charge is -2.02. The van der Waals surface area contributed by atoms with Crippen LogP contribution in [0.1, 0.15) is 22.7 Å². The Balaban J connectivity index is 1.43. The van der Waals surface area contributed by atoms with Gasteiger partial charge in [-0.25, -0.2) is 14.5 Å². The molecule has 0 aliphatic carbocycles. The van der Waals surface area contributed by atoms with Gasteiger partial charge in [-0.05, 0) is 44.2 Å². The minimum atomic E-state index is -0.508. The summed E-state index contributed by atoms with van der Waals surface area (Å²) in [4.78, 5) is 16.7. The van der Waals surface area contributed by atoms with Crippen LogP contribution in [-0.4, -0.2) is 20.7 Å². The largest absolute Gasteiger partial charge is 0.456 e. The van der Waals surface area contributed by atoms with Crippen molar-refractivity contribution in [3.8, 4) is 17.1 Å². The summed E-state index contributed by atoms with van der Waals surface area (Å²) in [6.07, 6.45) is 2.94. The van der Waals surface area contributed by atoms with Crippen LogP contribution in [0.5, 0.6) is 0 Å². The van der Waals surface area contributed by atoms with Crippen molar-refractivity contribution in [2.24, 2.45) is 0 Å². The molecule has 2 aromatic heterocycles. The summed E-state index contributed by atoms with van der Waals surface area (Å²) < 4.78 is 12.7. The first-order valence-electron chi connectivity index (χ1n) is 9.70. The number of carbonyl (C=O) groups excluding carboxylic acids is 1. The Morgan fingerprint density at radius 3 is 2.48 bits per heavy atom. The average Bonchev–Trinajstić information content (AvgIpc) is 3.31. The second-order valence-electron chi connectivity index (χ2n) is 6.87. The molecule has 0 atom stereocenters. The smallest absolute Gasteiger partial charge is 0.331 e. The molecule has 2 aromatic carbocycles. The zero-order chi connectivity index (χ0) is 21.8. The Morgan fingerprint density at radius 1 is 1.10 bits per heavy atom. The molecule has 0 bridgehead atoms. The summed E-state index contributed by atoms with van der Waals surface area (Å²) in [7, 11) is 0. The van der Waals surface area contributed by atoms with Crippen molar-refractivity contribution in [2.45, 2.75) is 20.5 Å². The molecular formula is C24H20ClN3O3. The monoisotopic (exact) mass is 433 g/mol. The van der Waals surface area contributed by atoms with Crippen LogP contribution in [0.3, 0.4) is 0 Å². The van der Waals surface area contributed by atoms with Crippen LogP contribution in [-0.2, 0) is 16.1 Å². The summed E-state index contributed by atoms with van der Waals surface area (Å²) in [5.74, 6) is 0.598. The summed E-state index contributed by atoms with van der Waals surface area (Å²) in [5, 5.41) is 4.88. The first-order chi connectivity index (χ1) is 15.0. The number of benzene rings is 2. The number of oxazole rings is 1. The molecule has 0 aliphatic rings. The average molecular weight is 434 g/mol. The summed E-state index contributed by atoms with van der Waals surface area (Å²) in [6.45, 7) is 3.64. The molecule has 0 saturated carbocycles. The second-order valence-corrected chi connectivity index (χ2v) is 7.22. The van der Waals surface area contributed by atoms with E-state index in [2.05, 4.69) is 10.1 Å². The molecular weight excluding hydrogens is 414 g/mol. The van der Waals surface area contributed by atoms with Gasteiger partial charge >= 0.3 is 5.97 Å². The lowest BCUT2D eigenvalue weighted by molar-refractivity contribution is -0.139. The predicted molar refractivity (Wildman–Crippen MR) is 119 cm³/mol. The standard InChI is InChI=1S/C24H20ClN3O3/c1-16-20(23(25)28(27-16)19-11-7-4-8-12-19)13-14-22(29)30-15-21-17(2)31-24(26-21)18-9-5-3-6-10-18/h3-14H,15H2,1-2H3/b14-13+. The zero-order valence-electron chi connectivity index (χ0n) is 17.1. The molecule has 2 heterocycles. The number of ether oxygens (including phenoxy) is 1. The van der Waals surface area contributed by atoms with E-state index >= 15 is 0 Å². The fourth-order valence-corrected chi connectivity index (χ4v) is 3.38. The van der Waals surface area contributed by atoms with Gasteiger partial charge in [-0.3, -0.25) is 0 Å². The lowest BCUT2D eigenvalue weighted by atomic mass is 10.2. The molecule has 0 amide bonds. The van der Waals surface area contributed by atoms with Crippen molar-refractivity contribution in [3.63, 3.8) is 0 Å². The highest BCUT2D eigenvalue weighted by Gasteiger charge is 2.14. The Morgan fingerprint density at radius 2 is 1.77 bits per heavy atom. The maximum absolute atomic E-state index is 12.2. The van der Waals surface area contributed by atoms with Crippen LogP contribution in [0.15, 0.2) is 71.2 Å². The number of halogens is 1. The third-order valence-electron chi connectivity index (χ3n) is 4.70. The van der Waals surface area contributed by atoms with E-state index in [1.165, 1.54) is 6.08 Å². The number of nitrogens with zero attached hydrogens (tertiary/aromatic N) is 3. The Labute approximate surface area is 184 Å². The molecule has 0 spiro atoms. The van der Waals surface area contributed by atoms with E-state index in [9.17, 15) is 4.79 Å². The van der Waals surface area contributed by atoms with E-state index in [4.69, 9.17) is 20.8 Å². The molecule has 156 valence electrons. The van der Waals surface area contributed by atoms with Crippen LogP contribution >= 0.6 is 11.6 Å². The molecule has 0 aliphatic heterocycles. The summed E-state index contributed by atoms with van der Waals surface area (Å²) in [5.41, 5.74) is 3.65. The highest BCUT2D eigenvalue weighted by Crippen LogP contribution is 2.25. The topological polar surface area (TPSA) is 70.2 Å². The van der Waals surface area contributed by atoms with Crippen LogP contribution in [0.4, 0.5) is 0 Å². The molecule has 0 saturated heterocycles. The van der Waals surface area contributed by atoms with Gasteiger partial charge in [-0.1, -0.05) is 48.0 Å². The van der Waals surface area contributed by atoms with Gasteiger partial charge in [0, 0.05) is 17.2 Å². The van der Waals surface area contributed by atoms with Gasteiger partial charge in [0.15, 0.2) is 0 Å². The first-order valence-corrected chi connectivity index (χ1v) is 10.1. The molecule has 0 radical (unpaired) electrons. The van der Waals surface area contributed by atoms with Crippen LogP contribution in [0, 0.1) is 13.8 Å². The number of esters is 1.